The normalized spacial score (nSPS) is 22.3. The highest BCUT2D eigenvalue weighted by molar-refractivity contribution is 6.21. The zero-order valence-electron chi connectivity index (χ0n) is 10.5. The first-order chi connectivity index (χ1) is 10.1. The molecule has 10 nitrogen and oxygen atoms in total. The van der Waals surface area contributed by atoms with E-state index >= 15 is 0 Å². The Hall–Kier alpha value is -2.88. The van der Waals surface area contributed by atoms with Crippen molar-refractivity contribution in [3.8, 4) is 0 Å². The molecule has 5 amide bonds. The van der Waals surface area contributed by atoms with Gasteiger partial charge in [-0.15, -0.1) is 0 Å². The van der Waals surface area contributed by atoms with E-state index in [9.17, 15) is 19.2 Å². The van der Waals surface area contributed by atoms with Gasteiger partial charge >= 0.3 is 6.03 Å². The second-order valence-corrected chi connectivity index (χ2v) is 4.26. The van der Waals surface area contributed by atoms with E-state index in [0.717, 1.165) is 0 Å². The van der Waals surface area contributed by atoms with Crippen LogP contribution in [-0.2, 0) is 9.53 Å². The van der Waals surface area contributed by atoms with E-state index in [1.54, 1.807) is 0 Å². The van der Waals surface area contributed by atoms with Gasteiger partial charge in [0.15, 0.2) is 11.4 Å². The quantitative estimate of drug-likeness (QED) is 0.587. The van der Waals surface area contributed by atoms with Gasteiger partial charge in [0.1, 0.15) is 12.8 Å². The maximum Gasteiger partial charge on any atom is 0.323 e. The number of ether oxygens (including phenoxy) is 1. The molecule has 1 atom stereocenters. The third kappa shape index (κ3) is 2.10. The molecule has 0 aromatic carbocycles. The van der Waals surface area contributed by atoms with E-state index in [0.29, 0.717) is 4.90 Å². The van der Waals surface area contributed by atoms with Crippen LogP contribution in [-0.4, -0.2) is 58.0 Å². The van der Waals surface area contributed by atoms with Gasteiger partial charge in [-0.1, -0.05) is 0 Å². The van der Waals surface area contributed by atoms with Gasteiger partial charge in [-0.2, -0.15) is 0 Å². The van der Waals surface area contributed by atoms with Crippen molar-refractivity contribution in [1.82, 2.24) is 25.5 Å². The molecule has 0 saturated carbocycles. The molecular formula is C11H9N5O5. The van der Waals surface area contributed by atoms with Crippen LogP contribution >= 0.6 is 0 Å². The minimum absolute atomic E-state index is 0.123. The average Bonchev–Trinajstić information content (AvgIpc) is 2.71. The molecular weight excluding hydrogens is 282 g/mol. The summed E-state index contributed by atoms with van der Waals surface area (Å²) in [5.41, 5.74) is -0.247. The molecule has 21 heavy (non-hydrogen) atoms. The van der Waals surface area contributed by atoms with Gasteiger partial charge in [-0.25, -0.2) is 14.8 Å². The highest BCUT2D eigenvalue weighted by Crippen LogP contribution is 2.21. The summed E-state index contributed by atoms with van der Waals surface area (Å²) < 4.78 is 5.06. The highest BCUT2D eigenvalue weighted by atomic mass is 16.5. The van der Waals surface area contributed by atoms with Crippen molar-refractivity contribution < 1.29 is 23.9 Å². The summed E-state index contributed by atoms with van der Waals surface area (Å²) in [6, 6.07) is -2.02. The number of amides is 5. The number of imide groups is 2. The predicted molar refractivity (Wildman–Crippen MR) is 63.8 cm³/mol. The Morgan fingerprint density at radius 2 is 1.71 bits per heavy atom. The molecule has 0 bridgehead atoms. The van der Waals surface area contributed by atoms with Crippen LogP contribution < -0.4 is 10.6 Å². The fourth-order valence-electron chi connectivity index (χ4n) is 2.05. The number of carbonyl (C=O) groups is 4. The Labute approximate surface area is 117 Å². The molecule has 0 spiro atoms. The average molecular weight is 291 g/mol. The summed E-state index contributed by atoms with van der Waals surface area (Å²) in [6.45, 7) is -0.382. The first-order valence-corrected chi connectivity index (χ1v) is 5.95. The van der Waals surface area contributed by atoms with Gasteiger partial charge < -0.3 is 10.1 Å². The lowest BCUT2D eigenvalue weighted by molar-refractivity contribution is -0.126. The first-order valence-electron chi connectivity index (χ1n) is 5.95. The lowest BCUT2D eigenvalue weighted by atomic mass is 10.2. The van der Waals surface area contributed by atoms with Gasteiger partial charge in [0.25, 0.3) is 17.7 Å². The first kappa shape index (κ1) is 13.1. The Morgan fingerprint density at radius 1 is 1.10 bits per heavy atom. The third-order valence-corrected chi connectivity index (χ3v) is 3.00. The molecule has 2 aliphatic rings. The number of hydrogen-bond donors (Lipinski definition) is 2. The van der Waals surface area contributed by atoms with Crippen LogP contribution in [0.15, 0.2) is 12.4 Å². The van der Waals surface area contributed by atoms with Gasteiger partial charge in [0, 0.05) is 12.4 Å². The number of hydrogen-bond acceptors (Lipinski definition) is 7. The number of fused-ring (bicyclic) bond motifs is 1. The van der Waals surface area contributed by atoms with E-state index in [1.165, 1.54) is 12.4 Å². The number of aromatic nitrogens is 2. The summed E-state index contributed by atoms with van der Waals surface area (Å²) in [5.74, 6) is -2.30. The zero-order valence-corrected chi connectivity index (χ0v) is 10.5. The van der Waals surface area contributed by atoms with Gasteiger partial charge in [0.05, 0.1) is 6.61 Å². The van der Waals surface area contributed by atoms with E-state index in [-0.39, 0.29) is 24.7 Å². The molecule has 1 fully saturated rings. The summed E-state index contributed by atoms with van der Waals surface area (Å²) in [7, 11) is 0. The molecule has 1 aromatic heterocycles. The van der Waals surface area contributed by atoms with Crippen molar-refractivity contribution in [2.45, 2.75) is 6.04 Å². The van der Waals surface area contributed by atoms with Gasteiger partial charge in [-0.05, 0) is 0 Å². The SMILES string of the molecule is O=C1NCOCC(N2C(=O)c3nccnc3C2=O)C(=O)N1. The summed E-state index contributed by atoms with van der Waals surface area (Å²) in [4.78, 5) is 55.9. The molecule has 1 aromatic rings. The van der Waals surface area contributed by atoms with E-state index in [2.05, 4.69) is 15.3 Å². The number of rotatable bonds is 1. The van der Waals surface area contributed by atoms with Crippen LogP contribution in [0.3, 0.4) is 0 Å². The molecule has 3 heterocycles. The van der Waals surface area contributed by atoms with Crippen LogP contribution in [0.5, 0.6) is 0 Å². The Balaban J connectivity index is 1.93. The van der Waals surface area contributed by atoms with Crippen molar-refractivity contribution in [1.29, 1.82) is 0 Å². The maximum absolute atomic E-state index is 12.2. The second-order valence-electron chi connectivity index (χ2n) is 4.26. The summed E-state index contributed by atoms with van der Waals surface area (Å²) in [6.07, 6.45) is 2.55. The highest BCUT2D eigenvalue weighted by Gasteiger charge is 2.45. The number of carbonyl (C=O) groups excluding carboxylic acids is 4. The molecule has 1 saturated heterocycles. The van der Waals surface area contributed by atoms with Crippen molar-refractivity contribution in [2.75, 3.05) is 13.3 Å². The molecule has 3 rings (SSSR count). The largest absolute Gasteiger partial charge is 0.358 e. The minimum Gasteiger partial charge on any atom is -0.358 e. The smallest absolute Gasteiger partial charge is 0.323 e. The molecule has 1 unspecified atom stereocenters. The van der Waals surface area contributed by atoms with E-state index in [4.69, 9.17) is 4.74 Å². The summed E-state index contributed by atoms with van der Waals surface area (Å²) in [5, 5.41) is 4.28. The topological polar surface area (TPSA) is 131 Å². The lowest BCUT2D eigenvalue weighted by Gasteiger charge is -2.26. The standard InChI is InChI=1S/C11H9N5O5/c17-8-5(3-21-4-14-11(20)15-8)16-9(18)6-7(10(16)19)13-2-1-12-6/h1-2,5H,3-4H2,(H2,14,15,17,20). The minimum atomic E-state index is -1.26. The van der Waals surface area contributed by atoms with Crippen molar-refractivity contribution >= 4 is 23.8 Å². The van der Waals surface area contributed by atoms with E-state index in [1.807, 2.05) is 5.32 Å². The molecule has 0 aliphatic carbocycles. The van der Waals surface area contributed by atoms with Crippen LogP contribution in [0, 0.1) is 0 Å². The summed E-state index contributed by atoms with van der Waals surface area (Å²) >= 11 is 0. The predicted octanol–water partition coefficient (Wildman–Crippen LogP) is -1.75. The zero-order chi connectivity index (χ0) is 15.0. The van der Waals surface area contributed by atoms with Crippen LogP contribution in [0.1, 0.15) is 21.0 Å². The van der Waals surface area contributed by atoms with Crippen molar-refractivity contribution in [2.24, 2.45) is 0 Å². The molecule has 2 aliphatic heterocycles. The molecule has 10 heteroatoms. The molecule has 0 radical (unpaired) electrons. The Morgan fingerprint density at radius 3 is 2.33 bits per heavy atom. The van der Waals surface area contributed by atoms with Crippen LogP contribution in [0.4, 0.5) is 4.79 Å². The fraction of sp³-hybridized carbons (Fsp3) is 0.273. The number of nitrogens with zero attached hydrogens (tertiary/aromatic N) is 3. The van der Waals surface area contributed by atoms with E-state index < -0.39 is 29.8 Å². The van der Waals surface area contributed by atoms with Crippen LogP contribution in [0.25, 0.3) is 0 Å². The van der Waals surface area contributed by atoms with Gasteiger partial charge in [0.2, 0.25) is 0 Å². The van der Waals surface area contributed by atoms with Crippen LogP contribution in [0.2, 0.25) is 0 Å². The van der Waals surface area contributed by atoms with Crippen molar-refractivity contribution in [3.63, 3.8) is 0 Å². The van der Waals surface area contributed by atoms with Crippen molar-refractivity contribution in [3.05, 3.63) is 23.8 Å². The van der Waals surface area contributed by atoms with Gasteiger partial charge in [-0.3, -0.25) is 24.6 Å². The monoisotopic (exact) mass is 291 g/mol. The number of nitrogens with one attached hydrogen (secondary N) is 2. The maximum atomic E-state index is 12.2. The number of urea groups is 1. The fourth-order valence-corrected chi connectivity index (χ4v) is 2.05. The lowest BCUT2D eigenvalue weighted by Crippen LogP contribution is -2.57. The second kappa shape index (κ2) is 4.90. The Kier molecular flexibility index (Phi) is 3.06. The molecule has 108 valence electrons. The third-order valence-electron chi connectivity index (χ3n) is 3.00. The molecule has 2 N–H and O–H groups in total. The Bertz CT molecular complexity index is 625.